The lowest BCUT2D eigenvalue weighted by molar-refractivity contribution is 0.363. The molecule has 4 aromatic heterocycles. The number of hydrogen-bond donors (Lipinski definition) is 0. The quantitative estimate of drug-likeness (QED) is 0.244. The minimum absolute atomic E-state index is 0.469. The predicted octanol–water partition coefficient (Wildman–Crippen LogP) is 0.720. The highest BCUT2D eigenvalue weighted by Gasteiger charge is 2.45. The van der Waals surface area contributed by atoms with Crippen LogP contribution in [-0.4, -0.2) is 70.2 Å². The second kappa shape index (κ2) is 8.97. The van der Waals surface area contributed by atoms with E-state index in [1.54, 1.807) is 0 Å². The van der Waals surface area contributed by atoms with Crippen molar-refractivity contribution >= 4 is 37.0 Å². The van der Waals surface area contributed by atoms with Crippen LogP contribution in [0.5, 0.6) is 12.0 Å². The summed E-state index contributed by atoms with van der Waals surface area (Å²) in [5.74, 6) is -5.72. The molecule has 0 radical (unpaired) electrons. The Morgan fingerprint density at radius 3 is 1.51 bits per heavy atom. The Bertz CT molecular complexity index is 1860. The number of hydrogen-bond acceptors (Lipinski definition) is 12. The van der Waals surface area contributed by atoms with Gasteiger partial charge in [0.25, 0.3) is 10.3 Å². The molecule has 15 nitrogen and oxygen atoms in total. The van der Waals surface area contributed by atoms with Crippen LogP contribution in [0.3, 0.4) is 0 Å². The van der Waals surface area contributed by atoms with Crippen LogP contribution in [0.25, 0.3) is 11.3 Å². The van der Waals surface area contributed by atoms with Gasteiger partial charge in [0.15, 0.2) is 34.6 Å². The van der Waals surface area contributed by atoms with Gasteiger partial charge in [-0.15, -0.1) is 13.9 Å². The zero-order chi connectivity index (χ0) is 28.3. The van der Waals surface area contributed by atoms with Gasteiger partial charge in [0, 0.05) is 0 Å². The fourth-order valence-corrected chi connectivity index (χ4v) is 6.62. The third-order valence-corrected chi connectivity index (χ3v) is 8.61. The molecule has 204 valence electrons. The van der Waals surface area contributed by atoms with Gasteiger partial charge >= 0.3 is 32.1 Å². The van der Waals surface area contributed by atoms with Crippen LogP contribution in [-0.2, 0) is 20.0 Å². The van der Waals surface area contributed by atoms with Gasteiger partial charge < -0.3 is 9.47 Å². The molecule has 0 atom stereocenters. The third kappa shape index (κ3) is 3.93. The maximum atomic E-state index is 14.9. The van der Waals surface area contributed by atoms with Crippen LogP contribution in [0, 0.1) is 23.3 Å². The summed E-state index contributed by atoms with van der Waals surface area (Å²) in [4.78, 5) is 14.0. The number of halogens is 4. The van der Waals surface area contributed by atoms with Crippen LogP contribution >= 0.6 is 0 Å². The van der Waals surface area contributed by atoms with Crippen LogP contribution < -0.4 is 13.2 Å². The molecular formula is C18H11F4N9O6S2. The molecule has 4 heterocycles. The maximum Gasteiger partial charge on any atom is 0.319 e. The molecule has 0 unspecified atom stereocenters. The molecule has 5 rings (SSSR count). The highest BCUT2D eigenvalue weighted by atomic mass is 32.3. The summed E-state index contributed by atoms with van der Waals surface area (Å²) in [7, 11) is -9.30. The van der Waals surface area contributed by atoms with Crippen molar-refractivity contribution in [1.29, 1.82) is 0 Å². The number of ether oxygens (including phenoxy) is 2. The van der Waals surface area contributed by atoms with E-state index >= 15 is 0 Å². The second-order valence-corrected chi connectivity index (χ2v) is 10.8. The van der Waals surface area contributed by atoms with E-state index in [0.717, 1.165) is 20.3 Å². The summed E-state index contributed by atoms with van der Waals surface area (Å²) in [5, 5.41) is 4.16. The lowest BCUT2D eigenvalue weighted by atomic mass is 10.3. The molecule has 0 bridgehead atoms. The summed E-state index contributed by atoms with van der Waals surface area (Å²) in [5.41, 5.74) is -3.20. The number of aromatic nitrogens is 8. The smallest absolute Gasteiger partial charge is 0.319 e. The number of benzene rings is 1. The van der Waals surface area contributed by atoms with Crippen molar-refractivity contribution in [2.24, 2.45) is 0 Å². The molecule has 0 aliphatic carbocycles. The summed E-state index contributed by atoms with van der Waals surface area (Å²) in [6.45, 7) is 0. The van der Waals surface area contributed by atoms with E-state index in [-0.39, 0.29) is 0 Å². The zero-order valence-electron chi connectivity index (χ0n) is 19.2. The van der Waals surface area contributed by atoms with Crippen LogP contribution in [0.1, 0.15) is 0 Å². The lowest BCUT2D eigenvalue weighted by Crippen LogP contribution is -2.39. The minimum Gasteiger partial charge on any atom is -0.467 e. The van der Waals surface area contributed by atoms with E-state index in [9.17, 15) is 34.4 Å². The average Bonchev–Trinajstić information content (AvgIpc) is 3.54. The SMILES string of the molecule is COc1ncc(F)c2nc(S(=O)(=O)N(c3c(F)cccc3F)S(=O)(=O)c3nc4c(F)cnc(OC)n4n3)nn12. The molecule has 0 fully saturated rings. The Hall–Kier alpha value is -4.66. The molecule has 0 amide bonds. The monoisotopic (exact) mass is 589 g/mol. The number of anilines is 1. The number of para-hydroxylation sites is 1. The molecular weight excluding hydrogens is 578 g/mol. The third-order valence-electron chi connectivity index (χ3n) is 4.93. The van der Waals surface area contributed by atoms with Crippen LogP contribution in [0.4, 0.5) is 23.2 Å². The molecule has 5 aromatic rings. The van der Waals surface area contributed by atoms with Crippen LogP contribution in [0.2, 0.25) is 0 Å². The first-order valence-electron chi connectivity index (χ1n) is 10.1. The van der Waals surface area contributed by atoms with Crippen molar-refractivity contribution < 1.29 is 43.9 Å². The fraction of sp³-hybridized carbons (Fsp3) is 0.111. The van der Waals surface area contributed by atoms with Crippen molar-refractivity contribution in [3.8, 4) is 12.0 Å². The molecule has 0 N–H and O–H groups in total. The Morgan fingerprint density at radius 2 is 1.13 bits per heavy atom. The number of fused-ring (bicyclic) bond motifs is 2. The lowest BCUT2D eigenvalue weighted by Gasteiger charge is -2.21. The first-order chi connectivity index (χ1) is 18.4. The molecule has 1 aromatic carbocycles. The largest absolute Gasteiger partial charge is 0.467 e. The highest BCUT2D eigenvalue weighted by Crippen LogP contribution is 2.34. The van der Waals surface area contributed by atoms with E-state index in [1.165, 1.54) is 0 Å². The van der Waals surface area contributed by atoms with Gasteiger partial charge in [0.05, 0.1) is 26.6 Å². The number of sulfonamides is 2. The molecule has 0 saturated heterocycles. The van der Waals surface area contributed by atoms with E-state index < -0.39 is 86.3 Å². The normalized spacial score (nSPS) is 12.3. The van der Waals surface area contributed by atoms with Gasteiger partial charge in [0.2, 0.25) is 0 Å². The van der Waals surface area contributed by atoms with Crippen molar-refractivity contribution in [2.45, 2.75) is 10.3 Å². The second-order valence-electron chi connectivity index (χ2n) is 7.22. The first kappa shape index (κ1) is 26.0. The van der Waals surface area contributed by atoms with Gasteiger partial charge in [-0.1, -0.05) is 6.07 Å². The van der Waals surface area contributed by atoms with Gasteiger partial charge in [-0.3, -0.25) is 0 Å². The Labute approximate surface area is 214 Å². The molecule has 0 spiro atoms. The maximum absolute atomic E-state index is 14.9. The zero-order valence-corrected chi connectivity index (χ0v) is 20.8. The van der Waals surface area contributed by atoms with Crippen molar-refractivity contribution in [1.82, 2.24) is 39.2 Å². The number of methoxy groups -OCH3 is 2. The van der Waals surface area contributed by atoms with Gasteiger partial charge in [-0.2, -0.15) is 35.8 Å². The summed E-state index contributed by atoms with van der Waals surface area (Å²) in [6.07, 6.45) is 1.22. The van der Waals surface area contributed by atoms with E-state index in [2.05, 4.69) is 30.1 Å². The minimum atomic E-state index is -5.73. The van der Waals surface area contributed by atoms with Gasteiger partial charge in [-0.25, -0.2) is 27.5 Å². The van der Waals surface area contributed by atoms with E-state index in [4.69, 9.17) is 9.47 Å². The molecule has 0 saturated carbocycles. The topological polar surface area (TPSA) is 176 Å². The van der Waals surface area contributed by atoms with E-state index in [0.29, 0.717) is 33.6 Å². The van der Waals surface area contributed by atoms with Crippen molar-refractivity contribution in [2.75, 3.05) is 17.9 Å². The van der Waals surface area contributed by atoms with Crippen molar-refractivity contribution in [3.05, 3.63) is 53.9 Å². The van der Waals surface area contributed by atoms with Crippen molar-refractivity contribution in [3.63, 3.8) is 0 Å². The first-order valence-corrected chi connectivity index (χ1v) is 12.9. The molecule has 39 heavy (non-hydrogen) atoms. The standard InChI is InChI=1S/C18H11F4N9O6S2/c1-36-17-23-6-10(21)13-25-15(27-29(13)17)38(32,33)31(12-8(19)4-3-5-9(12)20)39(34,35)16-26-14-11(22)7-24-18(37-2)30(14)28-16/h3-7H,1-2H3. The molecule has 0 aliphatic rings. The predicted molar refractivity (Wildman–Crippen MR) is 118 cm³/mol. The Balaban J connectivity index is 1.82. The average molecular weight is 589 g/mol. The summed E-state index contributed by atoms with van der Waals surface area (Å²) >= 11 is 0. The summed E-state index contributed by atoms with van der Waals surface area (Å²) in [6, 6.07) is 1.01. The van der Waals surface area contributed by atoms with Gasteiger partial charge in [0.1, 0.15) is 5.69 Å². The summed E-state index contributed by atoms with van der Waals surface area (Å²) < 4.78 is 123. The highest BCUT2D eigenvalue weighted by molar-refractivity contribution is 8.10. The Morgan fingerprint density at radius 1 is 0.718 bits per heavy atom. The van der Waals surface area contributed by atoms with E-state index in [1.807, 2.05) is 0 Å². The number of nitrogens with zero attached hydrogens (tertiary/aromatic N) is 9. The molecule has 0 aliphatic heterocycles. The van der Waals surface area contributed by atoms with Gasteiger partial charge in [-0.05, 0) is 12.1 Å². The van der Waals surface area contributed by atoms with Crippen LogP contribution in [0.15, 0.2) is 40.9 Å². The Kier molecular flexibility index (Phi) is 5.97. The fourth-order valence-electron chi connectivity index (χ4n) is 3.29. The molecule has 21 heteroatoms. The number of rotatable bonds is 7.